The van der Waals surface area contributed by atoms with Gasteiger partial charge in [0.2, 0.25) is 0 Å². The maximum Gasteiger partial charge on any atom is 0.327 e. The van der Waals surface area contributed by atoms with Crippen LogP contribution >= 0.6 is 0 Å². The normalized spacial score (nSPS) is 15.3. The minimum Gasteiger partial charge on any atom is -0.480 e. The zero-order valence-corrected chi connectivity index (χ0v) is 7.97. The third-order valence-electron chi connectivity index (χ3n) is 1.88. The van der Waals surface area contributed by atoms with Crippen molar-refractivity contribution in [2.24, 2.45) is 5.73 Å². The van der Waals surface area contributed by atoms with Crippen LogP contribution in [0.3, 0.4) is 0 Å². The van der Waals surface area contributed by atoms with Crippen LogP contribution in [0.2, 0.25) is 0 Å². The first-order valence-corrected chi connectivity index (χ1v) is 4.29. The van der Waals surface area contributed by atoms with E-state index in [1.54, 1.807) is 6.08 Å². The van der Waals surface area contributed by atoms with Gasteiger partial charge in [0.05, 0.1) is 0 Å². The van der Waals surface area contributed by atoms with Crippen LogP contribution in [0.4, 0.5) is 0 Å². The first-order chi connectivity index (χ1) is 6.52. The number of carboxylic acid groups (broad SMARTS) is 1. The van der Waals surface area contributed by atoms with Crippen molar-refractivity contribution in [2.75, 3.05) is 0 Å². The quantitative estimate of drug-likeness (QED) is 0.761. The van der Waals surface area contributed by atoms with Gasteiger partial charge in [-0.3, -0.25) is 0 Å². The third-order valence-corrected chi connectivity index (χ3v) is 1.88. The molecule has 0 aliphatic carbocycles. The molecule has 0 saturated heterocycles. The van der Waals surface area contributed by atoms with E-state index in [0.29, 0.717) is 0 Å². The first-order valence-electron chi connectivity index (χ1n) is 4.29. The van der Waals surface area contributed by atoms with Crippen LogP contribution in [-0.4, -0.2) is 16.6 Å². The van der Waals surface area contributed by atoms with Gasteiger partial charge in [0.25, 0.3) is 0 Å². The average Bonchev–Trinajstić information content (AvgIpc) is 2.16. The minimum atomic E-state index is -1.31. The van der Waals surface area contributed by atoms with Gasteiger partial charge in [-0.1, -0.05) is 42.5 Å². The van der Waals surface area contributed by atoms with Gasteiger partial charge >= 0.3 is 5.97 Å². The van der Waals surface area contributed by atoms with E-state index in [-0.39, 0.29) is 0 Å². The molecule has 1 aromatic carbocycles. The zero-order chi connectivity index (χ0) is 10.6. The molecule has 0 aromatic heterocycles. The largest absolute Gasteiger partial charge is 0.480 e. The van der Waals surface area contributed by atoms with Gasteiger partial charge in [-0.25, -0.2) is 4.79 Å². The topological polar surface area (TPSA) is 63.3 Å². The van der Waals surface area contributed by atoms with Crippen LogP contribution < -0.4 is 5.73 Å². The smallest absolute Gasteiger partial charge is 0.327 e. The monoisotopic (exact) mass is 191 g/mol. The van der Waals surface area contributed by atoms with Crippen molar-refractivity contribution in [1.82, 2.24) is 0 Å². The molecule has 0 spiro atoms. The van der Waals surface area contributed by atoms with Crippen LogP contribution in [0.15, 0.2) is 36.4 Å². The highest BCUT2D eigenvalue weighted by Gasteiger charge is 2.23. The Bertz CT molecular complexity index is 342. The van der Waals surface area contributed by atoms with Gasteiger partial charge in [-0.15, -0.1) is 0 Å². The molecule has 3 N–H and O–H groups in total. The van der Waals surface area contributed by atoms with Crippen molar-refractivity contribution in [3.63, 3.8) is 0 Å². The summed E-state index contributed by atoms with van der Waals surface area (Å²) in [7, 11) is 0. The molecule has 0 aliphatic heterocycles. The van der Waals surface area contributed by atoms with E-state index in [9.17, 15) is 4.79 Å². The van der Waals surface area contributed by atoms with Crippen molar-refractivity contribution in [2.45, 2.75) is 12.5 Å². The fraction of sp³-hybridized carbons (Fsp3) is 0.182. The molecule has 1 unspecified atom stereocenters. The second kappa shape index (κ2) is 4.07. The number of aliphatic carboxylic acids is 1. The first kappa shape index (κ1) is 10.5. The Hall–Kier alpha value is -1.61. The van der Waals surface area contributed by atoms with Gasteiger partial charge in [0.1, 0.15) is 5.54 Å². The third kappa shape index (κ3) is 2.71. The van der Waals surface area contributed by atoms with Gasteiger partial charge in [-0.05, 0) is 12.5 Å². The van der Waals surface area contributed by atoms with E-state index >= 15 is 0 Å². The predicted octanol–water partition coefficient (Wildman–Crippen LogP) is 1.50. The van der Waals surface area contributed by atoms with Crippen LogP contribution in [0.25, 0.3) is 6.08 Å². The van der Waals surface area contributed by atoms with Crippen LogP contribution in [-0.2, 0) is 4.79 Å². The van der Waals surface area contributed by atoms with E-state index < -0.39 is 11.5 Å². The van der Waals surface area contributed by atoms with E-state index in [2.05, 4.69) is 0 Å². The van der Waals surface area contributed by atoms with Crippen LogP contribution in [0.5, 0.6) is 0 Å². The molecule has 14 heavy (non-hydrogen) atoms. The zero-order valence-electron chi connectivity index (χ0n) is 7.97. The molecule has 74 valence electrons. The van der Waals surface area contributed by atoms with E-state index in [0.717, 1.165) is 5.56 Å². The van der Waals surface area contributed by atoms with Crippen molar-refractivity contribution in [1.29, 1.82) is 0 Å². The summed E-state index contributed by atoms with van der Waals surface area (Å²) in [5.74, 6) is -1.04. The average molecular weight is 191 g/mol. The van der Waals surface area contributed by atoms with Gasteiger partial charge in [0, 0.05) is 0 Å². The summed E-state index contributed by atoms with van der Waals surface area (Å²) in [6, 6.07) is 9.43. The van der Waals surface area contributed by atoms with Crippen LogP contribution in [0, 0.1) is 0 Å². The maximum absolute atomic E-state index is 10.7. The Labute approximate surface area is 82.9 Å². The number of carbonyl (C=O) groups is 1. The summed E-state index contributed by atoms with van der Waals surface area (Å²) in [5.41, 5.74) is 5.15. The highest BCUT2D eigenvalue weighted by Crippen LogP contribution is 2.07. The lowest BCUT2D eigenvalue weighted by molar-refractivity contribution is -0.140. The Morgan fingerprint density at radius 2 is 2.00 bits per heavy atom. The highest BCUT2D eigenvalue weighted by molar-refractivity contribution is 5.82. The Morgan fingerprint density at radius 1 is 1.43 bits per heavy atom. The standard InChI is InChI=1S/C11H13NO2/c1-11(12,10(13)14)8-7-9-5-3-2-4-6-9/h2-8H,12H2,1H3,(H,13,14)/b8-7+. The van der Waals surface area contributed by atoms with Crippen LogP contribution in [0.1, 0.15) is 12.5 Å². The SMILES string of the molecule is CC(N)(/C=C/c1ccccc1)C(=O)O. The summed E-state index contributed by atoms with van der Waals surface area (Å²) in [6.45, 7) is 1.45. The number of hydrogen-bond donors (Lipinski definition) is 2. The summed E-state index contributed by atoms with van der Waals surface area (Å²) >= 11 is 0. The fourth-order valence-electron chi connectivity index (χ4n) is 0.905. The summed E-state index contributed by atoms with van der Waals surface area (Å²) in [4.78, 5) is 10.7. The molecule has 1 atom stereocenters. The summed E-state index contributed by atoms with van der Waals surface area (Å²) < 4.78 is 0. The molecule has 3 heteroatoms. The molecule has 0 radical (unpaired) electrons. The van der Waals surface area contributed by atoms with Crippen molar-refractivity contribution >= 4 is 12.0 Å². The van der Waals surface area contributed by atoms with Crippen molar-refractivity contribution in [3.05, 3.63) is 42.0 Å². The van der Waals surface area contributed by atoms with E-state index in [1.165, 1.54) is 13.0 Å². The molecule has 0 saturated carbocycles. The molecule has 0 heterocycles. The molecule has 1 rings (SSSR count). The van der Waals surface area contributed by atoms with Gasteiger partial charge in [-0.2, -0.15) is 0 Å². The highest BCUT2D eigenvalue weighted by atomic mass is 16.4. The maximum atomic E-state index is 10.7. The lowest BCUT2D eigenvalue weighted by Crippen LogP contribution is -2.42. The second-order valence-electron chi connectivity index (χ2n) is 3.33. The number of benzene rings is 1. The van der Waals surface area contributed by atoms with Gasteiger partial charge < -0.3 is 10.8 Å². The Kier molecular flexibility index (Phi) is 3.04. The lowest BCUT2D eigenvalue weighted by atomic mass is 10.0. The fourth-order valence-corrected chi connectivity index (χ4v) is 0.905. The number of carboxylic acids is 1. The Balaban J connectivity index is 2.79. The van der Waals surface area contributed by atoms with Crippen molar-refractivity contribution in [3.8, 4) is 0 Å². The van der Waals surface area contributed by atoms with Gasteiger partial charge in [0.15, 0.2) is 0 Å². The number of rotatable bonds is 3. The molecule has 0 aliphatic rings. The number of nitrogens with two attached hydrogens (primary N) is 1. The van der Waals surface area contributed by atoms with E-state index in [4.69, 9.17) is 10.8 Å². The minimum absolute atomic E-state index is 0.936. The summed E-state index contributed by atoms with van der Waals surface area (Å²) in [6.07, 6.45) is 3.18. The Morgan fingerprint density at radius 3 is 2.50 bits per heavy atom. The molecule has 3 nitrogen and oxygen atoms in total. The van der Waals surface area contributed by atoms with Crippen molar-refractivity contribution < 1.29 is 9.90 Å². The second-order valence-corrected chi connectivity index (χ2v) is 3.33. The molecular weight excluding hydrogens is 178 g/mol. The predicted molar refractivity (Wildman–Crippen MR) is 55.7 cm³/mol. The lowest BCUT2D eigenvalue weighted by Gasteiger charge is -2.12. The summed E-state index contributed by atoms with van der Waals surface area (Å²) in [5, 5.41) is 8.74. The molecule has 0 fully saturated rings. The number of hydrogen-bond acceptors (Lipinski definition) is 2. The molecule has 0 amide bonds. The molecular formula is C11H13NO2. The van der Waals surface area contributed by atoms with E-state index in [1.807, 2.05) is 30.3 Å². The molecule has 1 aromatic rings. The molecule has 0 bridgehead atoms.